The first kappa shape index (κ1) is 21.7. The first-order valence-corrected chi connectivity index (χ1v) is 12.5. The first-order chi connectivity index (χ1) is 14.7. The van der Waals surface area contributed by atoms with Crippen LogP contribution in [0.25, 0.3) is 10.2 Å². The van der Waals surface area contributed by atoms with E-state index in [1.54, 1.807) is 4.31 Å². The van der Waals surface area contributed by atoms with Gasteiger partial charge in [-0.25, -0.2) is 13.4 Å². The number of hydrogen-bond donors (Lipinski definition) is 2. The Bertz CT molecular complexity index is 1200. The molecule has 0 spiro atoms. The summed E-state index contributed by atoms with van der Waals surface area (Å²) in [6.07, 6.45) is 1.03. The van der Waals surface area contributed by atoms with Crippen molar-refractivity contribution >= 4 is 42.6 Å². The van der Waals surface area contributed by atoms with E-state index in [2.05, 4.69) is 29.7 Å². The van der Waals surface area contributed by atoms with Crippen molar-refractivity contribution in [1.82, 2.24) is 14.7 Å². The minimum absolute atomic E-state index is 0.208. The molecule has 2 aromatic carbocycles. The van der Waals surface area contributed by atoms with Crippen molar-refractivity contribution in [2.75, 3.05) is 18.5 Å². The fourth-order valence-corrected chi connectivity index (χ4v) is 6.59. The number of thiazole rings is 1. The van der Waals surface area contributed by atoms with Crippen molar-refractivity contribution in [3.8, 4) is 0 Å². The lowest BCUT2D eigenvalue weighted by Crippen LogP contribution is -2.42. The van der Waals surface area contributed by atoms with Gasteiger partial charge >= 0.3 is 0 Å². The minimum Gasteiger partial charge on any atom is -0.273 e. The van der Waals surface area contributed by atoms with Gasteiger partial charge in [-0.3, -0.25) is 15.6 Å². The molecule has 4 rings (SSSR count). The van der Waals surface area contributed by atoms with Crippen molar-refractivity contribution in [2.45, 2.75) is 32.1 Å². The lowest BCUT2D eigenvalue weighted by Gasteiger charge is -2.34. The lowest BCUT2D eigenvalue weighted by atomic mass is 9.94. The summed E-state index contributed by atoms with van der Waals surface area (Å²) in [5.74, 6) is 0.307. The van der Waals surface area contributed by atoms with Gasteiger partial charge in [0.2, 0.25) is 15.2 Å². The van der Waals surface area contributed by atoms with Crippen molar-refractivity contribution in [1.29, 1.82) is 0 Å². The van der Waals surface area contributed by atoms with Crippen LogP contribution in [0.4, 0.5) is 5.13 Å². The van der Waals surface area contributed by atoms with Gasteiger partial charge in [-0.15, -0.1) is 0 Å². The number of piperidine rings is 1. The molecule has 164 valence electrons. The summed E-state index contributed by atoms with van der Waals surface area (Å²) in [6.45, 7) is 7.22. The summed E-state index contributed by atoms with van der Waals surface area (Å²) < 4.78 is 28.6. The number of amides is 1. The summed E-state index contributed by atoms with van der Waals surface area (Å²) in [6, 6.07) is 12.0. The number of benzene rings is 2. The molecule has 1 aromatic heterocycles. The van der Waals surface area contributed by atoms with E-state index < -0.39 is 10.0 Å². The number of carbonyl (C=O) groups is 1. The molecule has 0 aliphatic carbocycles. The van der Waals surface area contributed by atoms with Gasteiger partial charge in [-0.2, -0.15) is 4.31 Å². The SMILES string of the molecule is Cc1ccc2nc(NNC(=O)c3ccc(S(=O)(=O)N4C[C@@H](C)C[C@H](C)C4)cc3)sc2c1. The van der Waals surface area contributed by atoms with Gasteiger partial charge in [0.25, 0.3) is 5.91 Å². The second-order valence-electron chi connectivity index (χ2n) is 8.36. The summed E-state index contributed by atoms with van der Waals surface area (Å²) in [4.78, 5) is 17.1. The largest absolute Gasteiger partial charge is 0.273 e. The summed E-state index contributed by atoms with van der Waals surface area (Å²) in [5, 5.41) is 0.585. The van der Waals surface area contributed by atoms with E-state index in [1.165, 1.54) is 35.6 Å². The summed E-state index contributed by atoms with van der Waals surface area (Å²) in [7, 11) is -3.57. The van der Waals surface area contributed by atoms with Gasteiger partial charge < -0.3 is 0 Å². The van der Waals surface area contributed by atoms with Crippen LogP contribution >= 0.6 is 11.3 Å². The van der Waals surface area contributed by atoms with Crippen molar-refractivity contribution < 1.29 is 13.2 Å². The maximum absolute atomic E-state index is 13.0. The van der Waals surface area contributed by atoms with E-state index >= 15 is 0 Å². The highest BCUT2D eigenvalue weighted by Gasteiger charge is 2.31. The molecule has 9 heteroatoms. The fourth-order valence-electron chi connectivity index (χ4n) is 4.00. The molecule has 1 aliphatic heterocycles. The minimum atomic E-state index is -3.57. The summed E-state index contributed by atoms with van der Waals surface area (Å²) >= 11 is 1.45. The van der Waals surface area contributed by atoms with Crippen molar-refractivity contribution in [2.24, 2.45) is 11.8 Å². The maximum atomic E-state index is 13.0. The topological polar surface area (TPSA) is 91.4 Å². The Morgan fingerprint density at radius 1 is 1.10 bits per heavy atom. The quantitative estimate of drug-likeness (QED) is 0.564. The van der Waals surface area contributed by atoms with Crippen LogP contribution in [-0.2, 0) is 10.0 Å². The molecule has 1 fully saturated rings. The van der Waals surface area contributed by atoms with Crippen molar-refractivity contribution in [3.63, 3.8) is 0 Å². The van der Waals surface area contributed by atoms with E-state index in [4.69, 9.17) is 0 Å². The number of sulfonamides is 1. The zero-order valence-corrected chi connectivity index (χ0v) is 19.4. The normalized spacial score (nSPS) is 20.0. The van der Waals surface area contributed by atoms with E-state index in [1.807, 2.05) is 25.1 Å². The number of rotatable bonds is 5. The van der Waals surface area contributed by atoms with Gasteiger partial charge in [0, 0.05) is 18.7 Å². The number of hydrogen-bond acceptors (Lipinski definition) is 6. The monoisotopic (exact) mass is 458 g/mol. The number of aryl methyl sites for hydroxylation is 1. The third kappa shape index (κ3) is 4.73. The van der Waals surface area contributed by atoms with Gasteiger partial charge in [0.1, 0.15) is 0 Å². The summed E-state index contributed by atoms with van der Waals surface area (Å²) in [5.41, 5.74) is 7.84. The average Bonchev–Trinajstić information content (AvgIpc) is 3.13. The zero-order valence-electron chi connectivity index (χ0n) is 17.8. The van der Waals surface area contributed by atoms with Crippen LogP contribution in [0.5, 0.6) is 0 Å². The van der Waals surface area contributed by atoms with Crippen LogP contribution in [0, 0.1) is 18.8 Å². The molecule has 0 bridgehead atoms. The molecule has 0 unspecified atom stereocenters. The Morgan fingerprint density at radius 2 is 1.77 bits per heavy atom. The number of nitrogens with zero attached hydrogens (tertiary/aromatic N) is 2. The van der Waals surface area contributed by atoms with Crippen LogP contribution < -0.4 is 10.9 Å². The second-order valence-corrected chi connectivity index (χ2v) is 11.3. The molecule has 0 radical (unpaired) electrons. The van der Waals surface area contributed by atoms with Gasteiger partial charge in [-0.05, 0) is 67.1 Å². The molecule has 2 N–H and O–H groups in total. The molecular weight excluding hydrogens is 432 g/mol. The fraction of sp³-hybridized carbons (Fsp3) is 0.364. The Morgan fingerprint density at radius 3 is 2.45 bits per heavy atom. The molecule has 31 heavy (non-hydrogen) atoms. The predicted molar refractivity (Wildman–Crippen MR) is 124 cm³/mol. The van der Waals surface area contributed by atoms with Gasteiger partial charge in [-0.1, -0.05) is 31.3 Å². The molecule has 2 atom stereocenters. The number of fused-ring (bicyclic) bond motifs is 1. The Labute approximate surface area is 186 Å². The van der Waals surface area contributed by atoms with Crippen molar-refractivity contribution in [3.05, 3.63) is 53.6 Å². The lowest BCUT2D eigenvalue weighted by molar-refractivity contribution is 0.0962. The van der Waals surface area contributed by atoms with Gasteiger partial charge in [0.15, 0.2) is 0 Å². The third-order valence-corrected chi connectivity index (χ3v) is 8.20. The van der Waals surface area contributed by atoms with E-state index in [-0.39, 0.29) is 10.8 Å². The molecule has 1 saturated heterocycles. The zero-order chi connectivity index (χ0) is 22.2. The Kier molecular flexibility index (Phi) is 6.00. The highest BCUT2D eigenvalue weighted by molar-refractivity contribution is 7.89. The van der Waals surface area contributed by atoms with E-state index in [9.17, 15) is 13.2 Å². The van der Waals surface area contributed by atoms with E-state index in [0.29, 0.717) is 35.6 Å². The maximum Gasteiger partial charge on any atom is 0.269 e. The van der Waals surface area contributed by atoms with E-state index in [0.717, 1.165) is 22.2 Å². The molecule has 1 amide bonds. The number of hydrazine groups is 1. The van der Waals surface area contributed by atoms with Crippen LogP contribution in [0.15, 0.2) is 47.4 Å². The average molecular weight is 459 g/mol. The number of aromatic nitrogens is 1. The van der Waals surface area contributed by atoms with Crippen LogP contribution in [0.2, 0.25) is 0 Å². The standard InChI is InChI=1S/C22H26N4O3S2/c1-14-4-9-19-20(11-14)30-22(23-19)25-24-21(27)17-5-7-18(8-6-17)31(28,29)26-12-15(2)10-16(3)13-26/h4-9,11,15-16H,10,12-13H2,1-3H3,(H,23,25)(H,24,27)/t15-,16-/m0/s1. The highest BCUT2D eigenvalue weighted by Crippen LogP contribution is 2.27. The molecule has 1 aliphatic rings. The Balaban J connectivity index is 1.42. The van der Waals surface area contributed by atoms with Crippen LogP contribution in [-0.4, -0.2) is 36.7 Å². The Hall–Kier alpha value is -2.49. The highest BCUT2D eigenvalue weighted by atomic mass is 32.2. The third-order valence-electron chi connectivity index (χ3n) is 5.42. The molecule has 3 aromatic rings. The predicted octanol–water partition coefficient (Wildman–Crippen LogP) is 4.03. The first-order valence-electron chi connectivity index (χ1n) is 10.3. The van der Waals surface area contributed by atoms with Crippen LogP contribution in [0.3, 0.4) is 0 Å². The smallest absolute Gasteiger partial charge is 0.269 e. The molecule has 7 nitrogen and oxygen atoms in total. The second kappa shape index (κ2) is 8.57. The van der Waals surface area contributed by atoms with Gasteiger partial charge in [0.05, 0.1) is 15.1 Å². The number of nitrogens with one attached hydrogen (secondary N) is 2. The number of anilines is 1. The molecular formula is C22H26N4O3S2. The molecule has 2 heterocycles. The van der Waals surface area contributed by atoms with Crippen LogP contribution in [0.1, 0.15) is 36.2 Å². The number of carbonyl (C=O) groups excluding carboxylic acids is 1. The molecule has 0 saturated carbocycles.